The molecule has 0 saturated carbocycles. The molecule has 0 N–H and O–H groups in total. The van der Waals surface area contributed by atoms with E-state index in [1.54, 1.807) is 0 Å². The van der Waals surface area contributed by atoms with Gasteiger partial charge in [-0.05, 0) is 18.2 Å². The number of nitro benzene ring substituents is 1. The van der Waals surface area contributed by atoms with Crippen molar-refractivity contribution in [3.8, 4) is 5.75 Å². The van der Waals surface area contributed by atoms with Gasteiger partial charge in [-0.25, -0.2) is 0 Å². The SMILES string of the molecule is O=c1c(C(F)(F)F)cccn1CCOc1ccccc1[N+](=O)[O-]. The maximum atomic E-state index is 12.6. The highest BCUT2D eigenvalue weighted by Crippen LogP contribution is 2.27. The second kappa shape index (κ2) is 6.51. The zero-order valence-corrected chi connectivity index (χ0v) is 11.6. The van der Waals surface area contributed by atoms with Crippen molar-refractivity contribution >= 4 is 5.69 Å². The number of benzene rings is 1. The summed E-state index contributed by atoms with van der Waals surface area (Å²) in [4.78, 5) is 21.9. The third-order valence-corrected chi connectivity index (χ3v) is 2.98. The molecule has 1 aromatic heterocycles. The van der Waals surface area contributed by atoms with Gasteiger partial charge in [-0.3, -0.25) is 14.9 Å². The van der Waals surface area contributed by atoms with E-state index < -0.39 is 22.2 Å². The normalized spacial score (nSPS) is 11.3. The number of hydrogen-bond donors (Lipinski definition) is 0. The Hall–Kier alpha value is -2.84. The molecule has 0 aliphatic carbocycles. The molecule has 23 heavy (non-hydrogen) atoms. The Morgan fingerprint density at radius 3 is 2.52 bits per heavy atom. The average Bonchev–Trinajstić information content (AvgIpc) is 2.48. The fraction of sp³-hybridized carbons (Fsp3) is 0.214. The van der Waals surface area contributed by atoms with Gasteiger partial charge in [0.15, 0.2) is 5.75 Å². The van der Waals surface area contributed by atoms with Gasteiger partial charge in [0.25, 0.3) is 5.56 Å². The summed E-state index contributed by atoms with van der Waals surface area (Å²) in [5.41, 5.74) is -2.72. The molecule has 0 bridgehead atoms. The van der Waals surface area contributed by atoms with E-state index in [4.69, 9.17) is 4.74 Å². The molecule has 0 saturated heterocycles. The van der Waals surface area contributed by atoms with Gasteiger partial charge in [0.2, 0.25) is 0 Å². The van der Waals surface area contributed by atoms with Crippen LogP contribution in [0.4, 0.5) is 18.9 Å². The van der Waals surface area contributed by atoms with E-state index in [1.165, 1.54) is 30.5 Å². The van der Waals surface area contributed by atoms with Gasteiger partial charge < -0.3 is 9.30 Å². The Bertz CT molecular complexity index is 771. The van der Waals surface area contributed by atoms with E-state index in [2.05, 4.69) is 0 Å². The predicted octanol–water partition coefficient (Wildman–Crippen LogP) is 2.85. The van der Waals surface area contributed by atoms with Crippen LogP contribution in [0.5, 0.6) is 5.75 Å². The monoisotopic (exact) mass is 328 g/mol. The summed E-state index contributed by atoms with van der Waals surface area (Å²) in [7, 11) is 0. The topological polar surface area (TPSA) is 74.4 Å². The number of hydrogen-bond acceptors (Lipinski definition) is 4. The van der Waals surface area contributed by atoms with Crippen LogP contribution >= 0.6 is 0 Å². The molecule has 0 aliphatic heterocycles. The van der Waals surface area contributed by atoms with Crippen molar-refractivity contribution in [2.45, 2.75) is 12.7 Å². The lowest BCUT2D eigenvalue weighted by atomic mass is 10.2. The van der Waals surface area contributed by atoms with Gasteiger partial charge in [-0.15, -0.1) is 0 Å². The van der Waals surface area contributed by atoms with Crippen molar-refractivity contribution in [2.75, 3.05) is 6.61 Å². The van der Waals surface area contributed by atoms with Crippen molar-refractivity contribution in [1.82, 2.24) is 4.57 Å². The van der Waals surface area contributed by atoms with Crippen LogP contribution in [0.1, 0.15) is 5.56 Å². The molecule has 0 unspecified atom stereocenters. The number of nitrogens with zero attached hydrogens (tertiary/aromatic N) is 2. The van der Waals surface area contributed by atoms with Crippen LogP contribution in [0.3, 0.4) is 0 Å². The highest BCUT2D eigenvalue weighted by atomic mass is 19.4. The quantitative estimate of drug-likeness (QED) is 0.625. The lowest BCUT2D eigenvalue weighted by Crippen LogP contribution is -2.29. The van der Waals surface area contributed by atoms with Crippen LogP contribution in [0.15, 0.2) is 47.4 Å². The number of alkyl halides is 3. The molecule has 0 atom stereocenters. The Morgan fingerprint density at radius 2 is 1.87 bits per heavy atom. The fourth-order valence-corrected chi connectivity index (χ4v) is 1.91. The summed E-state index contributed by atoms with van der Waals surface area (Å²) in [5, 5.41) is 10.8. The fourth-order valence-electron chi connectivity index (χ4n) is 1.91. The van der Waals surface area contributed by atoms with Gasteiger partial charge in [-0.1, -0.05) is 12.1 Å². The number of aromatic nitrogens is 1. The highest BCUT2D eigenvalue weighted by Gasteiger charge is 2.34. The summed E-state index contributed by atoms with van der Waals surface area (Å²) < 4.78 is 44.0. The number of halogens is 3. The number of ether oxygens (including phenoxy) is 1. The molecule has 0 amide bonds. The zero-order chi connectivity index (χ0) is 17.0. The molecule has 6 nitrogen and oxygen atoms in total. The minimum absolute atomic E-state index is 0.0162. The molecule has 0 fully saturated rings. The smallest absolute Gasteiger partial charge is 0.421 e. The van der Waals surface area contributed by atoms with Crippen molar-refractivity contribution in [2.24, 2.45) is 0 Å². The molecular weight excluding hydrogens is 317 g/mol. The van der Waals surface area contributed by atoms with Crippen LogP contribution < -0.4 is 10.3 Å². The van der Waals surface area contributed by atoms with Crippen molar-refractivity contribution in [3.63, 3.8) is 0 Å². The molecule has 0 spiro atoms. The van der Waals surface area contributed by atoms with Crippen LogP contribution in [-0.4, -0.2) is 16.1 Å². The molecule has 1 heterocycles. The highest BCUT2D eigenvalue weighted by molar-refractivity contribution is 5.45. The van der Waals surface area contributed by atoms with E-state index in [9.17, 15) is 28.1 Å². The van der Waals surface area contributed by atoms with Crippen LogP contribution in [0, 0.1) is 10.1 Å². The lowest BCUT2D eigenvalue weighted by Gasteiger charge is -2.11. The molecular formula is C14H11F3N2O4. The van der Waals surface area contributed by atoms with Crippen molar-refractivity contribution in [1.29, 1.82) is 0 Å². The summed E-state index contributed by atoms with van der Waals surface area (Å²) in [6.45, 7) is -0.360. The maximum absolute atomic E-state index is 12.6. The Balaban J connectivity index is 2.12. The van der Waals surface area contributed by atoms with Crippen LogP contribution in [0.25, 0.3) is 0 Å². The molecule has 1 aromatic carbocycles. The largest absolute Gasteiger partial charge is 0.485 e. The molecule has 2 aromatic rings. The molecule has 122 valence electrons. The predicted molar refractivity (Wildman–Crippen MR) is 74.3 cm³/mol. The van der Waals surface area contributed by atoms with E-state index in [-0.39, 0.29) is 24.6 Å². The third-order valence-electron chi connectivity index (χ3n) is 2.98. The maximum Gasteiger partial charge on any atom is 0.421 e. The molecule has 2 rings (SSSR count). The minimum atomic E-state index is -4.74. The van der Waals surface area contributed by atoms with Crippen LogP contribution in [0.2, 0.25) is 0 Å². The Morgan fingerprint density at radius 1 is 1.17 bits per heavy atom. The van der Waals surface area contributed by atoms with Crippen molar-refractivity contribution < 1.29 is 22.8 Å². The molecule has 9 heteroatoms. The van der Waals surface area contributed by atoms with E-state index in [0.29, 0.717) is 6.07 Å². The van der Waals surface area contributed by atoms with Crippen molar-refractivity contribution in [3.05, 3.63) is 68.6 Å². The second-order valence-electron chi connectivity index (χ2n) is 4.49. The second-order valence-corrected chi connectivity index (χ2v) is 4.49. The van der Waals surface area contributed by atoms with E-state index in [0.717, 1.165) is 10.6 Å². The summed E-state index contributed by atoms with van der Waals surface area (Å²) in [5.74, 6) is -0.0162. The first-order valence-corrected chi connectivity index (χ1v) is 6.43. The summed E-state index contributed by atoms with van der Waals surface area (Å²) in [6, 6.07) is 7.40. The third kappa shape index (κ3) is 3.87. The first-order chi connectivity index (χ1) is 10.8. The zero-order valence-electron chi connectivity index (χ0n) is 11.6. The number of nitro groups is 1. The van der Waals surface area contributed by atoms with Gasteiger partial charge in [0.05, 0.1) is 11.5 Å². The van der Waals surface area contributed by atoms with Gasteiger partial charge in [0, 0.05) is 12.3 Å². The van der Waals surface area contributed by atoms with Crippen LogP contribution in [-0.2, 0) is 12.7 Å². The number of rotatable bonds is 5. The van der Waals surface area contributed by atoms with Gasteiger partial charge >= 0.3 is 11.9 Å². The molecule has 0 radical (unpaired) electrons. The number of pyridine rings is 1. The Kier molecular flexibility index (Phi) is 4.68. The van der Waals surface area contributed by atoms with Gasteiger partial charge in [-0.2, -0.15) is 13.2 Å². The first kappa shape index (κ1) is 16.5. The van der Waals surface area contributed by atoms with E-state index >= 15 is 0 Å². The minimum Gasteiger partial charge on any atom is -0.485 e. The first-order valence-electron chi connectivity index (χ1n) is 6.43. The number of para-hydroxylation sites is 2. The van der Waals surface area contributed by atoms with E-state index in [1.807, 2.05) is 0 Å². The molecule has 0 aliphatic rings. The summed E-state index contributed by atoms with van der Waals surface area (Å²) >= 11 is 0. The summed E-state index contributed by atoms with van der Waals surface area (Å²) in [6.07, 6.45) is -3.54. The average molecular weight is 328 g/mol. The Labute approximate surface area is 127 Å². The standard InChI is InChI=1S/C14H11F3N2O4/c15-14(16,17)10-4-3-7-18(13(10)20)8-9-23-12-6-2-1-5-11(12)19(21)22/h1-7H,8-9H2. The lowest BCUT2D eigenvalue weighted by molar-refractivity contribution is -0.385. The van der Waals surface area contributed by atoms with Gasteiger partial charge in [0.1, 0.15) is 12.2 Å².